The maximum Gasteiger partial charge on any atom is 2.00 e. The average molecular weight is 420 g/mol. The minimum atomic E-state index is -0.00958. The van der Waals surface area contributed by atoms with Crippen LogP contribution in [0.5, 0.6) is 11.5 Å². The molecule has 2 aliphatic carbocycles. The van der Waals surface area contributed by atoms with Gasteiger partial charge in [-0.15, -0.1) is 11.5 Å². The third-order valence-electron chi connectivity index (χ3n) is 4.99. The molecule has 0 bridgehead atoms. The Labute approximate surface area is 185 Å². The Morgan fingerprint density at radius 1 is 0.621 bits per heavy atom. The third-order valence-corrected chi connectivity index (χ3v) is 4.99. The van der Waals surface area contributed by atoms with Crippen LogP contribution in [0.1, 0.15) is 24.0 Å². The molecule has 2 nitrogen and oxygen atoms in total. The van der Waals surface area contributed by atoms with Gasteiger partial charge in [0, 0.05) is 5.92 Å². The first-order valence-corrected chi connectivity index (χ1v) is 9.41. The van der Waals surface area contributed by atoms with E-state index in [0.717, 1.165) is 29.5 Å². The summed E-state index contributed by atoms with van der Waals surface area (Å²) in [4.78, 5) is 0. The van der Waals surface area contributed by atoms with Crippen molar-refractivity contribution < 1.29 is 27.3 Å². The second kappa shape index (κ2) is 10.4. The predicted octanol–water partition coefficient (Wildman–Crippen LogP) is 4.22. The maximum atomic E-state index is 11.6. The fourth-order valence-electron chi connectivity index (χ4n) is 3.60. The minimum absolute atomic E-state index is 0. The van der Waals surface area contributed by atoms with Crippen molar-refractivity contribution in [2.24, 2.45) is 0 Å². The molecule has 10 radical (unpaired) electrons. The molecule has 4 rings (SSSR count). The Kier molecular flexibility index (Phi) is 7.86. The van der Waals surface area contributed by atoms with Crippen LogP contribution in [-0.2, 0) is 17.1 Å². The van der Waals surface area contributed by atoms with Crippen molar-refractivity contribution in [2.45, 2.75) is 12.8 Å². The molecule has 0 saturated heterocycles. The molecular weight excluding hydrogens is 400 g/mol. The van der Waals surface area contributed by atoms with E-state index in [4.69, 9.17) is 0 Å². The maximum absolute atomic E-state index is 11.6. The quantitative estimate of drug-likeness (QED) is 0.657. The van der Waals surface area contributed by atoms with E-state index in [1.807, 2.05) is 37.1 Å². The van der Waals surface area contributed by atoms with E-state index in [0.29, 0.717) is 0 Å². The molecule has 29 heavy (non-hydrogen) atoms. The van der Waals surface area contributed by atoms with Gasteiger partial charge in [-0.25, -0.2) is 0 Å². The summed E-state index contributed by atoms with van der Waals surface area (Å²) in [6.45, 7) is 0. The van der Waals surface area contributed by atoms with Crippen LogP contribution in [0, 0.1) is 63.2 Å². The van der Waals surface area contributed by atoms with Crippen LogP contribution in [0.4, 0.5) is 0 Å². The zero-order chi connectivity index (χ0) is 19.3. The molecule has 0 aliphatic heterocycles. The Morgan fingerprint density at radius 3 is 1.55 bits per heavy atom. The van der Waals surface area contributed by atoms with Gasteiger partial charge in [-0.1, -0.05) is 54.1 Å². The van der Waals surface area contributed by atoms with Crippen LogP contribution >= 0.6 is 0 Å². The molecule has 0 N–H and O–H groups in total. The molecule has 2 aliphatic rings. The van der Waals surface area contributed by atoms with Crippen molar-refractivity contribution >= 4 is 5.57 Å². The summed E-state index contributed by atoms with van der Waals surface area (Å²) in [6, 6.07) is 13.9. The van der Waals surface area contributed by atoms with Crippen LogP contribution in [0.2, 0.25) is 0 Å². The van der Waals surface area contributed by atoms with E-state index in [9.17, 15) is 10.2 Å². The van der Waals surface area contributed by atoms with Gasteiger partial charge in [-0.3, -0.25) is 0 Å². The molecule has 2 saturated carbocycles. The summed E-state index contributed by atoms with van der Waals surface area (Å²) in [7, 11) is 0. The van der Waals surface area contributed by atoms with Gasteiger partial charge in [-0.05, 0) is 86.8 Å². The molecule has 3 heteroatoms. The normalized spacial score (nSPS) is 17.2. The van der Waals surface area contributed by atoms with Gasteiger partial charge in [0.05, 0.1) is 0 Å². The van der Waals surface area contributed by atoms with E-state index < -0.39 is 0 Å². The third kappa shape index (κ3) is 5.47. The molecule has 0 atom stereocenters. The van der Waals surface area contributed by atoms with Gasteiger partial charge in [0.1, 0.15) is 0 Å². The fourth-order valence-corrected chi connectivity index (χ4v) is 3.60. The van der Waals surface area contributed by atoms with Crippen LogP contribution < -0.4 is 10.2 Å². The summed E-state index contributed by atoms with van der Waals surface area (Å²) in [5, 5.41) is 23.3. The van der Waals surface area contributed by atoms with Gasteiger partial charge >= 0.3 is 17.1 Å². The standard InChI is InChI=1S/C26H22O2.Fe/c27-23-14-10-21(11-15-23)26(22-12-16-24(28)17-13-22)25(20-7-3-4-8-20)18-9-19-5-1-2-6-19;/h1-8,10-17,27-28H,9,18H2;/q;+2/p-2. The first-order valence-electron chi connectivity index (χ1n) is 9.41. The Hall–Kier alpha value is -1.70. The van der Waals surface area contributed by atoms with Gasteiger partial charge < -0.3 is 10.2 Å². The van der Waals surface area contributed by atoms with E-state index >= 15 is 0 Å². The van der Waals surface area contributed by atoms with Crippen molar-refractivity contribution in [3.63, 3.8) is 0 Å². The predicted molar refractivity (Wildman–Crippen MR) is 108 cm³/mol. The number of rotatable bonds is 6. The van der Waals surface area contributed by atoms with Gasteiger partial charge in [0.25, 0.3) is 0 Å². The Bertz CT molecular complexity index is 748. The summed E-state index contributed by atoms with van der Waals surface area (Å²) >= 11 is 0. The monoisotopic (exact) mass is 420 g/mol. The molecule has 0 aromatic heterocycles. The molecular formula is C26H20FeO2. The molecule has 0 amide bonds. The summed E-state index contributed by atoms with van der Waals surface area (Å²) in [5.41, 5.74) is 4.25. The topological polar surface area (TPSA) is 46.1 Å². The van der Waals surface area contributed by atoms with Gasteiger partial charge in [0.15, 0.2) is 0 Å². The molecule has 2 fully saturated rings. The largest absolute Gasteiger partial charge is 2.00 e. The van der Waals surface area contributed by atoms with Crippen molar-refractivity contribution in [3.8, 4) is 11.5 Å². The Morgan fingerprint density at radius 2 is 1.07 bits per heavy atom. The SMILES string of the molecule is [Fe+2].[O-]c1ccc(C(=C(CC[C]2[CH][CH][CH][CH]2)[C]2[CH][CH][CH][CH]2)c2ccc([O-])cc2)cc1. The van der Waals surface area contributed by atoms with Crippen molar-refractivity contribution in [2.75, 3.05) is 0 Å². The first kappa shape index (κ1) is 22.0. The van der Waals surface area contributed by atoms with Gasteiger partial charge in [-0.2, -0.15) is 0 Å². The van der Waals surface area contributed by atoms with E-state index in [1.165, 1.54) is 17.4 Å². The van der Waals surface area contributed by atoms with Crippen molar-refractivity contribution in [1.82, 2.24) is 0 Å². The Balaban J connectivity index is 0.00000240. The van der Waals surface area contributed by atoms with Crippen LogP contribution in [-0.4, -0.2) is 0 Å². The molecule has 2 aromatic carbocycles. The minimum Gasteiger partial charge on any atom is -0.872 e. The van der Waals surface area contributed by atoms with Crippen LogP contribution in [0.3, 0.4) is 0 Å². The molecule has 2 aromatic rings. The van der Waals surface area contributed by atoms with E-state index in [2.05, 4.69) is 38.5 Å². The second-order valence-electron chi connectivity index (χ2n) is 6.87. The number of hydrogen-bond donors (Lipinski definition) is 0. The smallest absolute Gasteiger partial charge is 0.872 e. The summed E-state index contributed by atoms with van der Waals surface area (Å²) in [6.07, 6.45) is 18.5. The molecule has 0 spiro atoms. The summed E-state index contributed by atoms with van der Waals surface area (Å²) in [5.74, 6) is 2.45. The number of benzene rings is 2. The second-order valence-corrected chi connectivity index (χ2v) is 6.87. The average Bonchev–Trinajstić information content (AvgIpc) is 3.41. The number of hydrogen-bond acceptors (Lipinski definition) is 2. The van der Waals surface area contributed by atoms with Crippen molar-refractivity contribution in [3.05, 3.63) is 128 Å². The molecule has 0 unspecified atom stereocenters. The fraction of sp³-hybridized carbons (Fsp3) is 0.0769. The number of allylic oxidation sites excluding steroid dienone is 1. The zero-order valence-corrected chi connectivity index (χ0v) is 16.9. The van der Waals surface area contributed by atoms with Crippen molar-refractivity contribution in [1.29, 1.82) is 0 Å². The molecule has 144 valence electrons. The van der Waals surface area contributed by atoms with Gasteiger partial charge in [0.2, 0.25) is 0 Å². The van der Waals surface area contributed by atoms with Crippen LogP contribution in [0.15, 0.2) is 54.1 Å². The van der Waals surface area contributed by atoms with E-state index in [1.54, 1.807) is 24.3 Å². The first-order chi connectivity index (χ1) is 13.7. The summed E-state index contributed by atoms with van der Waals surface area (Å²) < 4.78 is 0. The molecule has 0 heterocycles. The van der Waals surface area contributed by atoms with E-state index in [-0.39, 0.29) is 28.6 Å². The van der Waals surface area contributed by atoms with Crippen LogP contribution in [0.25, 0.3) is 5.57 Å². The zero-order valence-electron chi connectivity index (χ0n) is 15.8.